The maximum atomic E-state index is 12.7. The summed E-state index contributed by atoms with van der Waals surface area (Å²) in [4.78, 5) is 17.1. The zero-order valence-electron chi connectivity index (χ0n) is 12.3. The Bertz CT molecular complexity index is 446. The zero-order chi connectivity index (χ0) is 14.5. The largest absolute Gasteiger partial charge is 0.334 e. The third-order valence-corrected chi connectivity index (χ3v) is 4.64. The number of hydrogen-bond acceptors (Lipinski definition) is 2. The number of carbonyl (C=O) groups is 1. The summed E-state index contributed by atoms with van der Waals surface area (Å²) >= 11 is 3.43. The Balaban J connectivity index is 2.16. The molecule has 0 aliphatic carbocycles. The molecule has 1 atom stereocenters. The summed E-state index contributed by atoms with van der Waals surface area (Å²) in [6.07, 6.45) is 2.06. The molecule has 1 heterocycles. The zero-order valence-corrected chi connectivity index (χ0v) is 13.9. The number of nitrogens with zero attached hydrogens (tertiary/aromatic N) is 2. The molecule has 0 bridgehead atoms. The molecular weight excluding hydrogens is 316 g/mol. The van der Waals surface area contributed by atoms with E-state index in [0.717, 1.165) is 43.4 Å². The number of benzene rings is 1. The number of rotatable bonds is 3. The number of carbonyl (C=O) groups excluding carboxylic acids is 1. The van der Waals surface area contributed by atoms with E-state index in [2.05, 4.69) is 39.7 Å². The number of likely N-dealkylation sites (N-methyl/N-ethyl adjacent to an activating group) is 1. The average Bonchev–Trinajstić information content (AvgIpc) is 2.67. The van der Waals surface area contributed by atoms with E-state index in [9.17, 15) is 4.79 Å². The summed E-state index contributed by atoms with van der Waals surface area (Å²) in [6, 6.07) is 8.26. The predicted molar refractivity (Wildman–Crippen MR) is 86.3 cm³/mol. The van der Waals surface area contributed by atoms with E-state index in [0.29, 0.717) is 6.04 Å². The predicted octanol–water partition coefficient (Wildman–Crippen LogP) is 3.14. The van der Waals surface area contributed by atoms with Gasteiger partial charge >= 0.3 is 0 Å². The van der Waals surface area contributed by atoms with Crippen molar-refractivity contribution in [1.82, 2.24) is 9.80 Å². The Morgan fingerprint density at radius 2 is 2.00 bits per heavy atom. The fourth-order valence-corrected chi connectivity index (χ4v) is 3.14. The van der Waals surface area contributed by atoms with Gasteiger partial charge in [-0.2, -0.15) is 0 Å². The molecule has 0 aromatic heterocycles. The van der Waals surface area contributed by atoms with Crippen LogP contribution in [0.1, 0.15) is 35.7 Å². The first-order chi connectivity index (χ1) is 9.65. The fourth-order valence-electron chi connectivity index (χ4n) is 2.76. The molecule has 0 spiro atoms. The summed E-state index contributed by atoms with van der Waals surface area (Å²) in [5.41, 5.74) is 2.00. The summed E-state index contributed by atoms with van der Waals surface area (Å²) in [5.74, 6) is 0.174. The van der Waals surface area contributed by atoms with Gasteiger partial charge in [0.15, 0.2) is 0 Å². The smallest absolute Gasteiger partial charge is 0.254 e. The number of amides is 1. The third kappa shape index (κ3) is 3.61. The lowest BCUT2D eigenvalue weighted by Gasteiger charge is -2.30. The van der Waals surface area contributed by atoms with E-state index in [-0.39, 0.29) is 5.91 Å². The molecule has 0 radical (unpaired) electrons. The van der Waals surface area contributed by atoms with Crippen molar-refractivity contribution in [2.45, 2.75) is 31.1 Å². The van der Waals surface area contributed by atoms with Crippen molar-refractivity contribution in [2.24, 2.45) is 0 Å². The van der Waals surface area contributed by atoms with Crippen molar-refractivity contribution < 1.29 is 4.79 Å². The van der Waals surface area contributed by atoms with Gasteiger partial charge in [0.1, 0.15) is 0 Å². The minimum absolute atomic E-state index is 0.174. The van der Waals surface area contributed by atoms with Crippen molar-refractivity contribution in [3.8, 4) is 0 Å². The Labute approximate surface area is 130 Å². The summed E-state index contributed by atoms with van der Waals surface area (Å²) in [7, 11) is 2.14. The van der Waals surface area contributed by atoms with Crippen LogP contribution >= 0.6 is 15.9 Å². The molecule has 1 amide bonds. The molecule has 2 rings (SSSR count). The second-order valence-corrected chi connectivity index (χ2v) is 6.07. The van der Waals surface area contributed by atoms with Gasteiger partial charge in [0, 0.05) is 30.0 Å². The minimum Gasteiger partial charge on any atom is -0.334 e. The molecule has 1 aromatic carbocycles. The molecule has 110 valence electrons. The molecule has 1 aliphatic heterocycles. The van der Waals surface area contributed by atoms with Gasteiger partial charge in [0.25, 0.3) is 5.91 Å². The number of halogens is 1. The standard InChI is InChI=1S/C16H23BrN2O/c1-3-15-12-18(2)9-4-10-19(15)16(20)14-7-5-13(11-17)6-8-14/h5-8,15H,3-4,9-12H2,1-2H3. The lowest BCUT2D eigenvalue weighted by Crippen LogP contribution is -2.43. The van der Waals surface area contributed by atoms with Crippen LogP contribution in [0, 0.1) is 0 Å². The number of hydrogen-bond donors (Lipinski definition) is 0. The molecule has 1 saturated heterocycles. The summed E-state index contributed by atoms with van der Waals surface area (Å²) in [5, 5.41) is 0.827. The molecule has 20 heavy (non-hydrogen) atoms. The van der Waals surface area contributed by atoms with Gasteiger partial charge in [-0.1, -0.05) is 35.0 Å². The molecule has 0 N–H and O–H groups in total. The normalized spacial score (nSPS) is 20.8. The Hall–Kier alpha value is -0.870. The maximum Gasteiger partial charge on any atom is 0.254 e. The van der Waals surface area contributed by atoms with E-state index in [1.54, 1.807) is 0 Å². The van der Waals surface area contributed by atoms with Crippen molar-refractivity contribution in [3.63, 3.8) is 0 Å². The van der Waals surface area contributed by atoms with Crippen molar-refractivity contribution in [1.29, 1.82) is 0 Å². The lowest BCUT2D eigenvalue weighted by atomic mass is 10.1. The van der Waals surface area contributed by atoms with Crippen LogP contribution in [0.25, 0.3) is 0 Å². The highest BCUT2D eigenvalue weighted by molar-refractivity contribution is 9.08. The lowest BCUT2D eigenvalue weighted by molar-refractivity contribution is 0.0675. The van der Waals surface area contributed by atoms with E-state index >= 15 is 0 Å². The monoisotopic (exact) mass is 338 g/mol. The van der Waals surface area contributed by atoms with E-state index < -0.39 is 0 Å². The van der Waals surface area contributed by atoms with Gasteiger partial charge in [-0.3, -0.25) is 4.79 Å². The SMILES string of the molecule is CCC1CN(C)CCCN1C(=O)c1ccc(CBr)cc1. The third-order valence-electron chi connectivity index (χ3n) is 3.99. The highest BCUT2D eigenvalue weighted by atomic mass is 79.9. The maximum absolute atomic E-state index is 12.7. The first kappa shape index (κ1) is 15.5. The van der Waals surface area contributed by atoms with Gasteiger partial charge in [-0.15, -0.1) is 0 Å². The van der Waals surface area contributed by atoms with E-state index in [1.807, 2.05) is 24.3 Å². The summed E-state index contributed by atoms with van der Waals surface area (Å²) < 4.78 is 0. The van der Waals surface area contributed by atoms with Crippen LogP contribution in [0.2, 0.25) is 0 Å². The van der Waals surface area contributed by atoms with Crippen LogP contribution in [-0.4, -0.2) is 48.4 Å². The van der Waals surface area contributed by atoms with Crippen LogP contribution in [0.3, 0.4) is 0 Å². The first-order valence-corrected chi connectivity index (χ1v) is 8.42. The molecule has 1 aromatic rings. The van der Waals surface area contributed by atoms with Crippen molar-refractivity contribution in [3.05, 3.63) is 35.4 Å². The second-order valence-electron chi connectivity index (χ2n) is 5.51. The van der Waals surface area contributed by atoms with Crippen LogP contribution in [0.15, 0.2) is 24.3 Å². The highest BCUT2D eigenvalue weighted by Gasteiger charge is 2.26. The second kappa shape index (κ2) is 7.23. The van der Waals surface area contributed by atoms with Gasteiger partial charge in [0.05, 0.1) is 0 Å². The first-order valence-electron chi connectivity index (χ1n) is 7.30. The van der Waals surface area contributed by atoms with Crippen LogP contribution < -0.4 is 0 Å². The summed E-state index contributed by atoms with van der Waals surface area (Å²) in [6.45, 7) is 5.07. The Kier molecular flexibility index (Phi) is 5.61. The van der Waals surface area contributed by atoms with Crippen LogP contribution in [0.4, 0.5) is 0 Å². The van der Waals surface area contributed by atoms with Gasteiger partial charge in [-0.05, 0) is 44.1 Å². The van der Waals surface area contributed by atoms with E-state index in [1.165, 1.54) is 5.56 Å². The Morgan fingerprint density at radius 1 is 1.30 bits per heavy atom. The molecular formula is C16H23BrN2O. The molecule has 0 saturated carbocycles. The van der Waals surface area contributed by atoms with Gasteiger partial charge in [0.2, 0.25) is 0 Å². The molecule has 1 aliphatic rings. The van der Waals surface area contributed by atoms with Crippen molar-refractivity contribution >= 4 is 21.8 Å². The molecule has 4 heteroatoms. The molecule has 1 unspecified atom stereocenters. The quantitative estimate of drug-likeness (QED) is 0.790. The highest BCUT2D eigenvalue weighted by Crippen LogP contribution is 2.17. The van der Waals surface area contributed by atoms with E-state index in [4.69, 9.17) is 0 Å². The van der Waals surface area contributed by atoms with Crippen molar-refractivity contribution in [2.75, 3.05) is 26.7 Å². The topological polar surface area (TPSA) is 23.6 Å². The average molecular weight is 339 g/mol. The minimum atomic E-state index is 0.174. The van der Waals surface area contributed by atoms with Crippen LogP contribution in [0.5, 0.6) is 0 Å². The Morgan fingerprint density at radius 3 is 2.60 bits per heavy atom. The van der Waals surface area contributed by atoms with Gasteiger partial charge in [-0.25, -0.2) is 0 Å². The molecule has 1 fully saturated rings. The fraction of sp³-hybridized carbons (Fsp3) is 0.562. The molecule has 3 nitrogen and oxygen atoms in total. The van der Waals surface area contributed by atoms with Gasteiger partial charge < -0.3 is 9.80 Å². The van der Waals surface area contributed by atoms with Crippen LogP contribution in [-0.2, 0) is 5.33 Å². The number of alkyl halides is 1.